The van der Waals surface area contributed by atoms with Crippen LogP contribution in [0.15, 0.2) is 6.07 Å². The van der Waals surface area contributed by atoms with Gasteiger partial charge >= 0.3 is 6.18 Å². The van der Waals surface area contributed by atoms with E-state index in [4.69, 9.17) is 5.73 Å². The molecule has 0 spiro atoms. The Morgan fingerprint density at radius 1 is 1.28 bits per heavy atom. The molecule has 2 heterocycles. The van der Waals surface area contributed by atoms with Crippen LogP contribution in [0.1, 0.15) is 25.5 Å². The molecule has 2 N–H and O–H groups in total. The first-order valence-electron chi connectivity index (χ1n) is 5.83. The lowest BCUT2D eigenvalue weighted by molar-refractivity contribution is -0.141. The molecule has 1 aromatic heterocycles. The van der Waals surface area contributed by atoms with E-state index in [1.165, 1.54) is 0 Å². The molecule has 1 fully saturated rings. The van der Waals surface area contributed by atoms with Gasteiger partial charge in [-0.15, -0.1) is 0 Å². The number of aromatic nitrogens is 2. The fourth-order valence-corrected chi connectivity index (χ4v) is 2.00. The van der Waals surface area contributed by atoms with Crippen LogP contribution in [0, 0.1) is 5.92 Å². The lowest BCUT2D eigenvalue weighted by Gasteiger charge is -2.31. The highest BCUT2D eigenvalue weighted by molar-refractivity contribution is 5.44. The zero-order valence-corrected chi connectivity index (χ0v) is 10.0. The third kappa shape index (κ3) is 2.83. The third-order valence-corrected chi connectivity index (χ3v) is 3.13. The molecule has 0 amide bonds. The fourth-order valence-electron chi connectivity index (χ4n) is 2.00. The van der Waals surface area contributed by atoms with Crippen molar-refractivity contribution in [1.29, 1.82) is 0 Å². The van der Waals surface area contributed by atoms with Gasteiger partial charge in [-0.05, 0) is 18.8 Å². The Morgan fingerprint density at radius 3 is 2.44 bits per heavy atom. The van der Waals surface area contributed by atoms with Crippen molar-refractivity contribution in [1.82, 2.24) is 9.97 Å². The SMILES string of the molecule is CC1CCN(c2cc(C(F)(F)F)nc(N)n2)CC1. The van der Waals surface area contributed by atoms with Crippen LogP contribution in [0.4, 0.5) is 24.9 Å². The number of rotatable bonds is 1. The summed E-state index contributed by atoms with van der Waals surface area (Å²) >= 11 is 0. The van der Waals surface area contributed by atoms with Crippen LogP contribution in [0.5, 0.6) is 0 Å². The van der Waals surface area contributed by atoms with E-state index in [9.17, 15) is 13.2 Å². The van der Waals surface area contributed by atoms with Crippen LogP contribution in [0.3, 0.4) is 0 Å². The summed E-state index contributed by atoms with van der Waals surface area (Å²) in [7, 11) is 0. The molecule has 1 aromatic rings. The summed E-state index contributed by atoms with van der Waals surface area (Å²) in [5.74, 6) is 0.530. The van der Waals surface area contributed by atoms with E-state index in [1.54, 1.807) is 0 Å². The van der Waals surface area contributed by atoms with Gasteiger partial charge in [-0.2, -0.15) is 18.2 Å². The Balaban J connectivity index is 2.25. The molecule has 1 aliphatic rings. The van der Waals surface area contributed by atoms with Crippen LogP contribution in [0.25, 0.3) is 0 Å². The molecule has 7 heteroatoms. The zero-order chi connectivity index (χ0) is 13.3. The molecule has 0 bridgehead atoms. The van der Waals surface area contributed by atoms with Gasteiger partial charge in [0.25, 0.3) is 0 Å². The van der Waals surface area contributed by atoms with E-state index in [0.717, 1.165) is 18.9 Å². The standard InChI is InChI=1S/C11H15F3N4/c1-7-2-4-18(5-3-7)9-6-8(11(12,13)14)16-10(15)17-9/h6-7H,2-5H2,1H3,(H2,15,16,17). The Morgan fingerprint density at radius 2 is 1.89 bits per heavy atom. The first-order valence-corrected chi connectivity index (χ1v) is 5.83. The van der Waals surface area contributed by atoms with E-state index in [-0.39, 0.29) is 11.8 Å². The maximum atomic E-state index is 12.6. The fraction of sp³-hybridized carbons (Fsp3) is 0.636. The van der Waals surface area contributed by atoms with Crippen LogP contribution in [-0.2, 0) is 6.18 Å². The van der Waals surface area contributed by atoms with Crippen LogP contribution in [0.2, 0.25) is 0 Å². The quantitative estimate of drug-likeness (QED) is 0.842. The molecule has 1 aliphatic heterocycles. The minimum Gasteiger partial charge on any atom is -0.368 e. The number of anilines is 2. The molecule has 4 nitrogen and oxygen atoms in total. The average molecular weight is 260 g/mol. The van der Waals surface area contributed by atoms with E-state index in [0.29, 0.717) is 19.0 Å². The van der Waals surface area contributed by atoms with Crippen molar-refractivity contribution >= 4 is 11.8 Å². The summed E-state index contributed by atoms with van der Waals surface area (Å²) in [6, 6.07) is 0.965. The zero-order valence-electron chi connectivity index (χ0n) is 10.0. The number of nitrogens with zero attached hydrogens (tertiary/aromatic N) is 3. The van der Waals surface area contributed by atoms with E-state index >= 15 is 0 Å². The van der Waals surface area contributed by atoms with Crippen LogP contribution < -0.4 is 10.6 Å². The topological polar surface area (TPSA) is 55.0 Å². The molecule has 1 saturated heterocycles. The second-order valence-electron chi connectivity index (χ2n) is 4.64. The van der Waals surface area contributed by atoms with Crippen LogP contribution >= 0.6 is 0 Å². The molecular weight excluding hydrogens is 245 g/mol. The van der Waals surface area contributed by atoms with E-state index in [2.05, 4.69) is 16.9 Å². The number of piperidine rings is 1. The number of nitrogen functional groups attached to an aromatic ring is 1. The molecule has 0 aliphatic carbocycles. The summed E-state index contributed by atoms with van der Waals surface area (Å²) < 4.78 is 37.8. The van der Waals surface area contributed by atoms with Crippen LogP contribution in [-0.4, -0.2) is 23.1 Å². The molecule has 0 aromatic carbocycles. The van der Waals surface area contributed by atoms with Gasteiger partial charge < -0.3 is 10.6 Å². The Kier molecular flexibility index (Phi) is 3.32. The summed E-state index contributed by atoms with van der Waals surface area (Å²) in [6.07, 6.45) is -2.59. The normalized spacial score (nSPS) is 18.1. The summed E-state index contributed by atoms with van der Waals surface area (Å²) in [5, 5.41) is 0. The second-order valence-corrected chi connectivity index (χ2v) is 4.64. The third-order valence-electron chi connectivity index (χ3n) is 3.13. The molecule has 0 saturated carbocycles. The summed E-state index contributed by atoms with van der Waals surface area (Å²) in [4.78, 5) is 8.95. The first-order chi connectivity index (χ1) is 8.36. The molecule has 2 rings (SSSR count). The first kappa shape index (κ1) is 12.9. The molecule has 0 unspecified atom stereocenters. The number of halogens is 3. The minimum absolute atomic E-state index is 0.265. The van der Waals surface area contributed by atoms with Gasteiger partial charge in [0.05, 0.1) is 0 Å². The number of hydrogen-bond donors (Lipinski definition) is 1. The highest BCUT2D eigenvalue weighted by atomic mass is 19.4. The number of nitrogens with two attached hydrogens (primary N) is 1. The Hall–Kier alpha value is -1.53. The average Bonchev–Trinajstić information content (AvgIpc) is 2.28. The van der Waals surface area contributed by atoms with Crippen molar-refractivity contribution in [3.8, 4) is 0 Å². The highest BCUT2D eigenvalue weighted by Crippen LogP contribution is 2.31. The van der Waals surface area contributed by atoms with Gasteiger partial charge in [0.1, 0.15) is 5.82 Å². The van der Waals surface area contributed by atoms with Gasteiger partial charge in [0, 0.05) is 19.2 Å². The molecule has 100 valence electrons. The highest BCUT2D eigenvalue weighted by Gasteiger charge is 2.34. The van der Waals surface area contributed by atoms with E-state index in [1.807, 2.05) is 4.90 Å². The Labute approximate surface area is 103 Å². The predicted octanol–water partition coefficient (Wildman–Crippen LogP) is 2.31. The van der Waals surface area contributed by atoms with Crippen molar-refractivity contribution in [3.63, 3.8) is 0 Å². The maximum Gasteiger partial charge on any atom is 0.433 e. The lowest BCUT2D eigenvalue weighted by Crippen LogP contribution is -2.34. The van der Waals surface area contributed by atoms with Crippen molar-refractivity contribution in [2.75, 3.05) is 23.7 Å². The molecular formula is C11H15F3N4. The van der Waals surface area contributed by atoms with Crippen molar-refractivity contribution < 1.29 is 13.2 Å². The summed E-state index contributed by atoms with van der Waals surface area (Å²) in [6.45, 7) is 3.54. The van der Waals surface area contributed by atoms with Gasteiger partial charge in [-0.3, -0.25) is 0 Å². The van der Waals surface area contributed by atoms with Gasteiger partial charge in [0.15, 0.2) is 5.69 Å². The summed E-state index contributed by atoms with van der Waals surface area (Å²) in [5.41, 5.74) is 4.36. The Bertz CT molecular complexity index is 425. The molecule has 18 heavy (non-hydrogen) atoms. The minimum atomic E-state index is -4.49. The largest absolute Gasteiger partial charge is 0.433 e. The van der Waals surface area contributed by atoms with Gasteiger partial charge in [-0.1, -0.05) is 6.92 Å². The van der Waals surface area contributed by atoms with Gasteiger partial charge in [-0.25, -0.2) is 4.98 Å². The lowest BCUT2D eigenvalue weighted by atomic mass is 9.99. The monoisotopic (exact) mass is 260 g/mol. The van der Waals surface area contributed by atoms with Crippen molar-refractivity contribution in [2.45, 2.75) is 25.9 Å². The number of hydrogen-bond acceptors (Lipinski definition) is 4. The molecule has 0 atom stereocenters. The number of alkyl halides is 3. The maximum absolute atomic E-state index is 12.6. The van der Waals surface area contributed by atoms with E-state index < -0.39 is 11.9 Å². The van der Waals surface area contributed by atoms with Gasteiger partial charge in [0.2, 0.25) is 5.95 Å². The van der Waals surface area contributed by atoms with Crippen molar-refractivity contribution in [3.05, 3.63) is 11.8 Å². The predicted molar refractivity (Wildman–Crippen MR) is 62.1 cm³/mol. The second kappa shape index (κ2) is 4.62. The smallest absolute Gasteiger partial charge is 0.368 e. The molecule has 0 radical (unpaired) electrons. The van der Waals surface area contributed by atoms with Crippen molar-refractivity contribution in [2.24, 2.45) is 5.92 Å².